The molecule has 0 saturated carbocycles. The van der Waals surface area contributed by atoms with Crippen LogP contribution in [0.15, 0.2) is 35.5 Å². The molecule has 0 radical (unpaired) electrons. The summed E-state index contributed by atoms with van der Waals surface area (Å²) in [6.07, 6.45) is 4.56. The first-order valence-corrected chi connectivity index (χ1v) is 5.02. The van der Waals surface area contributed by atoms with Crippen molar-refractivity contribution in [2.24, 2.45) is 5.73 Å². The topological polar surface area (TPSA) is 128 Å². The molecule has 0 atom stereocenters. The smallest absolute Gasteiger partial charge is 0.346 e. The van der Waals surface area contributed by atoms with Gasteiger partial charge in [0.05, 0.1) is 5.56 Å². The number of carbonyl (C=O) groups is 1. The lowest BCUT2D eigenvalue weighted by atomic mass is 10.3. The Morgan fingerprint density at radius 3 is 2.56 bits per heavy atom. The molecule has 0 aromatic carbocycles. The Morgan fingerprint density at radius 1 is 1.44 bits per heavy atom. The van der Waals surface area contributed by atoms with Gasteiger partial charge in [-0.1, -0.05) is 0 Å². The number of amides is 1. The fourth-order valence-electron chi connectivity index (χ4n) is 0.982. The highest BCUT2D eigenvalue weighted by molar-refractivity contribution is 5.92. The number of hydrogen-bond acceptors (Lipinski definition) is 5. The van der Waals surface area contributed by atoms with E-state index >= 15 is 0 Å². The van der Waals surface area contributed by atoms with E-state index < -0.39 is 11.6 Å². The van der Waals surface area contributed by atoms with Crippen LogP contribution in [0.2, 0.25) is 0 Å². The predicted octanol–water partition coefficient (Wildman–Crippen LogP) is -0.159. The number of nitrogens with one attached hydrogen (secondary N) is 1. The first-order valence-electron chi connectivity index (χ1n) is 5.02. The summed E-state index contributed by atoms with van der Waals surface area (Å²) in [5.41, 5.74) is 11.0. The van der Waals surface area contributed by atoms with Gasteiger partial charge in [0, 0.05) is 24.2 Å². The highest BCUT2D eigenvalue weighted by atomic mass is 16.1. The molecule has 0 spiro atoms. The number of nitrogens with zero attached hydrogens (tertiary/aromatic N) is 2. The summed E-state index contributed by atoms with van der Waals surface area (Å²) < 4.78 is 0. The summed E-state index contributed by atoms with van der Waals surface area (Å²) >= 11 is 0. The Hall–Kier alpha value is -2.70. The van der Waals surface area contributed by atoms with Crippen LogP contribution in [-0.4, -0.2) is 20.9 Å². The number of H-pyrrole nitrogens is 1. The van der Waals surface area contributed by atoms with Crippen LogP contribution in [-0.2, 0) is 0 Å². The first kappa shape index (κ1) is 13.4. The molecule has 0 aliphatic rings. The summed E-state index contributed by atoms with van der Waals surface area (Å²) in [6, 6.07) is 3.29. The second-order valence-electron chi connectivity index (χ2n) is 3.38. The van der Waals surface area contributed by atoms with Crippen molar-refractivity contribution in [1.29, 1.82) is 0 Å². The standard InChI is InChI=1S/C6H6N2O.C5H7N3O/c7-6(9)5-2-1-3-8-4-5;1-3-2-7-5(9)8-4(3)6/h1-4H,(H2,7,9);2H,1H3,(H3,6,7,8,9). The van der Waals surface area contributed by atoms with E-state index in [0.29, 0.717) is 11.4 Å². The third-order valence-electron chi connectivity index (χ3n) is 1.98. The highest BCUT2D eigenvalue weighted by Crippen LogP contribution is 1.97. The number of nitrogen functional groups attached to an aromatic ring is 1. The average molecular weight is 247 g/mol. The maximum Gasteiger partial charge on any atom is 0.346 e. The Morgan fingerprint density at radius 2 is 2.17 bits per heavy atom. The van der Waals surface area contributed by atoms with E-state index in [2.05, 4.69) is 15.0 Å². The Labute approximate surface area is 103 Å². The van der Waals surface area contributed by atoms with Crippen LogP contribution in [0.25, 0.3) is 0 Å². The molecule has 7 heteroatoms. The molecule has 5 N–H and O–H groups in total. The minimum atomic E-state index is -0.442. The van der Waals surface area contributed by atoms with Crippen molar-refractivity contribution < 1.29 is 4.79 Å². The molecule has 0 aliphatic heterocycles. The minimum absolute atomic E-state index is 0.291. The second-order valence-corrected chi connectivity index (χ2v) is 3.38. The van der Waals surface area contributed by atoms with Gasteiger partial charge < -0.3 is 16.5 Å². The normalized spacial score (nSPS) is 9.17. The number of nitrogens with two attached hydrogens (primary N) is 2. The largest absolute Gasteiger partial charge is 0.383 e. The number of pyridine rings is 1. The first-order chi connectivity index (χ1) is 8.50. The Bertz CT molecular complexity index is 579. The van der Waals surface area contributed by atoms with Crippen molar-refractivity contribution in [3.63, 3.8) is 0 Å². The van der Waals surface area contributed by atoms with Gasteiger partial charge in [-0.25, -0.2) is 4.79 Å². The maximum atomic E-state index is 10.4. The van der Waals surface area contributed by atoms with Crippen molar-refractivity contribution in [3.05, 3.63) is 52.3 Å². The fraction of sp³-hybridized carbons (Fsp3) is 0.0909. The Balaban J connectivity index is 0.000000180. The molecule has 2 rings (SSSR count). The van der Waals surface area contributed by atoms with Crippen molar-refractivity contribution >= 4 is 11.7 Å². The van der Waals surface area contributed by atoms with Gasteiger partial charge in [-0.2, -0.15) is 4.98 Å². The summed E-state index contributed by atoms with van der Waals surface area (Å²) in [6.45, 7) is 1.78. The van der Waals surface area contributed by atoms with Crippen molar-refractivity contribution in [3.8, 4) is 0 Å². The quantitative estimate of drug-likeness (QED) is 0.645. The molecule has 0 bridgehead atoms. The van der Waals surface area contributed by atoms with Crippen LogP contribution >= 0.6 is 0 Å². The van der Waals surface area contributed by atoms with E-state index in [1.165, 1.54) is 12.4 Å². The second kappa shape index (κ2) is 6.14. The molecular weight excluding hydrogens is 234 g/mol. The van der Waals surface area contributed by atoms with Gasteiger partial charge >= 0.3 is 5.69 Å². The monoisotopic (exact) mass is 247 g/mol. The molecule has 18 heavy (non-hydrogen) atoms. The van der Waals surface area contributed by atoms with Crippen LogP contribution in [0.1, 0.15) is 15.9 Å². The molecular formula is C11H13N5O2. The third-order valence-corrected chi connectivity index (χ3v) is 1.98. The number of anilines is 1. The number of hydrogen-bond donors (Lipinski definition) is 3. The van der Waals surface area contributed by atoms with Gasteiger partial charge in [-0.05, 0) is 19.1 Å². The van der Waals surface area contributed by atoms with Crippen LogP contribution in [0.4, 0.5) is 5.82 Å². The highest BCUT2D eigenvalue weighted by Gasteiger charge is 1.95. The lowest BCUT2D eigenvalue weighted by Crippen LogP contribution is -2.12. The van der Waals surface area contributed by atoms with Crippen LogP contribution in [0.3, 0.4) is 0 Å². The number of rotatable bonds is 1. The molecule has 2 heterocycles. The fourth-order valence-corrected chi connectivity index (χ4v) is 0.982. The molecule has 0 aliphatic carbocycles. The number of aromatic nitrogens is 3. The predicted molar refractivity (Wildman–Crippen MR) is 66.8 cm³/mol. The molecule has 94 valence electrons. The van der Waals surface area contributed by atoms with Crippen LogP contribution in [0, 0.1) is 6.92 Å². The van der Waals surface area contributed by atoms with Gasteiger partial charge in [-0.15, -0.1) is 0 Å². The molecule has 2 aromatic rings. The zero-order valence-electron chi connectivity index (χ0n) is 9.75. The minimum Gasteiger partial charge on any atom is -0.383 e. The number of aromatic amines is 1. The van der Waals surface area contributed by atoms with E-state index in [4.69, 9.17) is 11.5 Å². The number of aryl methyl sites for hydroxylation is 1. The van der Waals surface area contributed by atoms with E-state index in [9.17, 15) is 9.59 Å². The SMILES string of the molecule is Cc1c[nH]c(=O)nc1N.NC(=O)c1cccnc1. The van der Waals surface area contributed by atoms with Gasteiger partial charge in [0.1, 0.15) is 5.82 Å². The molecule has 1 amide bonds. The molecule has 2 aromatic heterocycles. The molecule has 7 nitrogen and oxygen atoms in total. The molecule has 0 fully saturated rings. The summed E-state index contributed by atoms with van der Waals surface area (Å²) in [5, 5.41) is 0. The number of primary amides is 1. The zero-order valence-corrected chi connectivity index (χ0v) is 9.75. The van der Waals surface area contributed by atoms with Crippen molar-refractivity contribution in [2.45, 2.75) is 6.92 Å². The summed E-state index contributed by atoms with van der Waals surface area (Å²) in [7, 11) is 0. The number of carbonyl (C=O) groups excluding carboxylic acids is 1. The summed E-state index contributed by atoms with van der Waals surface area (Å²) in [5.74, 6) is -0.151. The van der Waals surface area contributed by atoms with Gasteiger partial charge in [0.15, 0.2) is 0 Å². The van der Waals surface area contributed by atoms with Crippen molar-refractivity contribution in [2.75, 3.05) is 5.73 Å². The maximum absolute atomic E-state index is 10.4. The lowest BCUT2D eigenvalue weighted by Gasteiger charge is -1.92. The van der Waals surface area contributed by atoms with E-state index in [0.717, 1.165) is 5.56 Å². The van der Waals surface area contributed by atoms with Crippen LogP contribution < -0.4 is 17.2 Å². The van der Waals surface area contributed by atoms with Crippen LogP contribution in [0.5, 0.6) is 0 Å². The van der Waals surface area contributed by atoms with E-state index in [1.54, 1.807) is 25.3 Å². The Kier molecular flexibility index (Phi) is 4.56. The van der Waals surface area contributed by atoms with E-state index in [1.807, 2.05) is 0 Å². The van der Waals surface area contributed by atoms with Gasteiger partial charge in [0.2, 0.25) is 5.91 Å². The van der Waals surface area contributed by atoms with Gasteiger partial charge in [-0.3, -0.25) is 9.78 Å². The average Bonchev–Trinajstić information content (AvgIpc) is 2.36. The van der Waals surface area contributed by atoms with Gasteiger partial charge in [0.25, 0.3) is 0 Å². The zero-order chi connectivity index (χ0) is 13.5. The van der Waals surface area contributed by atoms with E-state index in [-0.39, 0.29) is 0 Å². The molecule has 0 saturated heterocycles. The van der Waals surface area contributed by atoms with Crippen molar-refractivity contribution in [1.82, 2.24) is 15.0 Å². The molecule has 0 unspecified atom stereocenters. The lowest BCUT2D eigenvalue weighted by molar-refractivity contribution is 0.1000. The third kappa shape index (κ3) is 4.05. The summed E-state index contributed by atoms with van der Waals surface area (Å²) in [4.78, 5) is 30.3.